The van der Waals surface area contributed by atoms with E-state index in [2.05, 4.69) is 0 Å². The Morgan fingerprint density at radius 3 is 1.77 bits per heavy atom. The van der Waals surface area contributed by atoms with Crippen LogP contribution in [-0.4, -0.2) is 69.9 Å². The maximum atomic E-state index is 14.1. The number of allylic oxidation sites excluding steroid dienone is 1. The standard InChI is InChI=1S/C39H26O13/c1-15(40)51-38-19-9-5-3-7-17(19)31(42)27-29(38)33(44)21-11-25(49-13-23(21)35(27)46)37(48)26-12-22-24(14-50-26)36(47)28-30(34(22)45)39(52-16(2)41)20-10-6-4-8-18(20)32(28)43/h3-10,13,21,25-26,42-43H,11-12,14H2,1-2H3. The largest absolute Gasteiger partial charge is 0.506 e. The fraction of sp³-hybridized carbons (Fsp3) is 0.205. The molecule has 4 aliphatic rings. The number of phenols is 2. The number of hydrogen-bond acceptors (Lipinski definition) is 13. The number of carbonyl (C=O) groups is 7. The van der Waals surface area contributed by atoms with Crippen molar-refractivity contribution in [2.75, 3.05) is 6.61 Å². The quantitative estimate of drug-likeness (QED) is 0.220. The second-order valence-corrected chi connectivity index (χ2v) is 12.8. The van der Waals surface area contributed by atoms with E-state index in [0.717, 1.165) is 20.1 Å². The Morgan fingerprint density at radius 2 is 1.19 bits per heavy atom. The van der Waals surface area contributed by atoms with Gasteiger partial charge in [0.05, 0.1) is 41.0 Å². The van der Waals surface area contributed by atoms with E-state index in [1.54, 1.807) is 24.3 Å². The summed E-state index contributed by atoms with van der Waals surface area (Å²) in [5.41, 5.74) is -1.53. The van der Waals surface area contributed by atoms with Crippen molar-refractivity contribution in [3.05, 3.63) is 93.8 Å². The van der Waals surface area contributed by atoms with Crippen molar-refractivity contribution >= 4 is 62.4 Å². The highest BCUT2D eigenvalue weighted by molar-refractivity contribution is 6.32. The van der Waals surface area contributed by atoms with Crippen molar-refractivity contribution < 1.29 is 62.7 Å². The lowest BCUT2D eigenvalue weighted by Gasteiger charge is -2.35. The van der Waals surface area contributed by atoms with Crippen molar-refractivity contribution in [2.24, 2.45) is 5.92 Å². The third-order valence-electron chi connectivity index (χ3n) is 9.83. The molecular weight excluding hydrogens is 676 g/mol. The second kappa shape index (κ2) is 11.8. The number of carbonyl (C=O) groups excluding carboxylic acids is 7. The van der Waals surface area contributed by atoms with Crippen LogP contribution in [0.5, 0.6) is 23.0 Å². The smallest absolute Gasteiger partial charge is 0.308 e. The molecule has 0 bridgehead atoms. The molecule has 0 saturated carbocycles. The lowest BCUT2D eigenvalue weighted by molar-refractivity contribution is -0.140. The van der Waals surface area contributed by atoms with E-state index in [1.165, 1.54) is 24.3 Å². The van der Waals surface area contributed by atoms with Gasteiger partial charge in [-0.2, -0.15) is 0 Å². The Labute approximate surface area is 293 Å². The number of aromatic hydroxyl groups is 2. The summed E-state index contributed by atoms with van der Waals surface area (Å²) in [6.45, 7) is 1.80. The maximum absolute atomic E-state index is 14.1. The molecule has 0 amide bonds. The first-order valence-corrected chi connectivity index (χ1v) is 16.2. The summed E-state index contributed by atoms with van der Waals surface area (Å²) >= 11 is 0. The van der Waals surface area contributed by atoms with Crippen molar-refractivity contribution in [3.63, 3.8) is 0 Å². The first-order chi connectivity index (χ1) is 24.9. The third-order valence-corrected chi connectivity index (χ3v) is 9.83. The highest BCUT2D eigenvalue weighted by atomic mass is 16.5. The minimum absolute atomic E-state index is 0.0663. The topological polar surface area (TPSA) is 197 Å². The SMILES string of the molecule is CC(=O)Oc1c2c(c(O)c3ccccc13)C(=O)C1=C(CC(C(=O)C3CC4C(=O)c5c(c(O)c6ccccc6c5OC(C)=O)C(=O)C4=CO3)OC1)C2=O. The van der Waals surface area contributed by atoms with Crippen LogP contribution in [0.2, 0.25) is 0 Å². The molecule has 13 heteroatoms. The summed E-state index contributed by atoms with van der Waals surface area (Å²) in [5, 5.41) is 23.1. The molecule has 3 atom stereocenters. The third kappa shape index (κ3) is 4.69. The summed E-state index contributed by atoms with van der Waals surface area (Å²) in [7, 11) is 0. The molecule has 0 aromatic heterocycles. The molecule has 260 valence electrons. The molecule has 0 radical (unpaired) electrons. The van der Waals surface area contributed by atoms with E-state index >= 15 is 0 Å². The number of benzene rings is 4. The van der Waals surface area contributed by atoms with Crippen LogP contribution >= 0.6 is 0 Å². The molecule has 4 aromatic rings. The molecule has 2 heterocycles. The molecule has 13 nitrogen and oxygen atoms in total. The van der Waals surface area contributed by atoms with Crippen LogP contribution < -0.4 is 9.47 Å². The lowest BCUT2D eigenvalue weighted by Crippen LogP contribution is -2.45. The van der Waals surface area contributed by atoms with Gasteiger partial charge in [0.2, 0.25) is 5.78 Å². The van der Waals surface area contributed by atoms with Gasteiger partial charge in [-0.1, -0.05) is 48.5 Å². The van der Waals surface area contributed by atoms with E-state index in [1.807, 2.05) is 0 Å². The van der Waals surface area contributed by atoms with Crippen molar-refractivity contribution in [3.8, 4) is 23.0 Å². The van der Waals surface area contributed by atoms with Gasteiger partial charge in [-0.05, 0) is 0 Å². The number of rotatable bonds is 4. The van der Waals surface area contributed by atoms with Crippen molar-refractivity contribution in [1.29, 1.82) is 0 Å². The Morgan fingerprint density at radius 1 is 0.673 bits per heavy atom. The summed E-state index contributed by atoms with van der Waals surface area (Å²) in [6.07, 6.45) is -2.36. The van der Waals surface area contributed by atoms with Gasteiger partial charge in [0, 0.05) is 65.0 Å². The number of esters is 2. The molecule has 52 heavy (non-hydrogen) atoms. The fourth-order valence-electron chi connectivity index (χ4n) is 7.53. The van der Waals surface area contributed by atoms with Gasteiger partial charge in [-0.3, -0.25) is 33.6 Å². The maximum Gasteiger partial charge on any atom is 0.308 e. The van der Waals surface area contributed by atoms with Gasteiger partial charge >= 0.3 is 11.9 Å². The Bertz CT molecular complexity index is 2480. The first-order valence-electron chi connectivity index (χ1n) is 16.2. The minimum atomic E-state index is -1.34. The van der Waals surface area contributed by atoms with Crippen molar-refractivity contribution in [2.45, 2.75) is 38.9 Å². The lowest BCUT2D eigenvalue weighted by atomic mass is 9.73. The number of ketones is 5. The molecule has 2 N–H and O–H groups in total. The zero-order chi connectivity index (χ0) is 36.7. The molecule has 3 unspecified atom stereocenters. The normalized spacial score (nSPS) is 20.7. The average molecular weight is 703 g/mol. The van der Waals surface area contributed by atoms with E-state index in [9.17, 15) is 43.8 Å². The Hall–Kier alpha value is -6.47. The van der Waals surface area contributed by atoms with E-state index < -0.39 is 77.1 Å². The van der Waals surface area contributed by atoms with Crippen LogP contribution in [0.25, 0.3) is 21.5 Å². The Balaban J connectivity index is 1.12. The molecule has 2 aliphatic carbocycles. The monoisotopic (exact) mass is 702 g/mol. The molecule has 4 aromatic carbocycles. The number of Topliss-reactive ketones (excluding diaryl/α,β-unsaturated/α-hetero) is 5. The highest BCUT2D eigenvalue weighted by Crippen LogP contribution is 2.49. The van der Waals surface area contributed by atoms with Crippen LogP contribution in [0, 0.1) is 5.92 Å². The number of hydrogen-bond donors (Lipinski definition) is 2. The van der Waals surface area contributed by atoms with E-state index in [4.69, 9.17) is 18.9 Å². The van der Waals surface area contributed by atoms with E-state index in [0.29, 0.717) is 0 Å². The molecule has 0 fully saturated rings. The zero-order valence-corrected chi connectivity index (χ0v) is 27.4. The fourth-order valence-corrected chi connectivity index (χ4v) is 7.53. The van der Waals surface area contributed by atoms with Crippen molar-refractivity contribution in [1.82, 2.24) is 0 Å². The van der Waals surface area contributed by atoms with Gasteiger partial charge < -0.3 is 29.2 Å². The van der Waals surface area contributed by atoms with Gasteiger partial charge in [-0.25, -0.2) is 0 Å². The summed E-state index contributed by atoms with van der Waals surface area (Å²) in [6, 6.07) is 12.5. The van der Waals surface area contributed by atoms with Gasteiger partial charge in [0.25, 0.3) is 0 Å². The number of phenolic OH excluding ortho intramolecular Hbond substituents is 2. The minimum Gasteiger partial charge on any atom is -0.506 e. The molecule has 2 aliphatic heterocycles. The van der Waals surface area contributed by atoms with Crippen LogP contribution in [0.1, 0.15) is 68.1 Å². The summed E-state index contributed by atoms with van der Waals surface area (Å²) in [5.74, 6) is -7.61. The van der Waals surface area contributed by atoms with Crippen LogP contribution in [0.15, 0.2) is 71.5 Å². The van der Waals surface area contributed by atoms with Gasteiger partial charge in [0.15, 0.2) is 40.7 Å². The molecular formula is C39H26O13. The second-order valence-electron chi connectivity index (χ2n) is 12.8. The summed E-state index contributed by atoms with van der Waals surface area (Å²) < 4.78 is 22.4. The average Bonchev–Trinajstić information content (AvgIpc) is 3.14. The molecule has 8 rings (SSSR count). The Kier molecular flexibility index (Phi) is 7.43. The van der Waals surface area contributed by atoms with Crippen LogP contribution in [0.3, 0.4) is 0 Å². The predicted molar refractivity (Wildman–Crippen MR) is 179 cm³/mol. The predicted octanol–water partition coefficient (Wildman–Crippen LogP) is 4.66. The van der Waals surface area contributed by atoms with Crippen LogP contribution in [-0.2, 0) is 23.9 Å². The van der Waals surface area contributed by atoms with Crippen LogP contribution in [0.4, 0.5) is 0 Å². The summed E-state index contributed by atoms with van der Waals surface area (Å²) in [4.78, 5) is 93.9. The van der Waals surface area contributed by atoms with Gasteiger partial charge in [0.1, 0.15) is 17.6 Å². The van der Waals surface area contributed by atoms with E-state index in [-0.39, 0.29) is 84.9 Å². The molecule has 0 saturated heterocycles. The first kappa shape index (κ1) is 32.7. The number of ether oxygens (including phenoxy) is 4. The highest BCUT2D eigenvalue weighted by Gasteiger charge is 2.49. The number of fused-ring (bicyclic) bond motifs is 5. The van der Waals surface area contributed by atoms with Gasteiger partial charge in [-0.15, -0.1) is 0 Å². The zero-order valence-electron chi connectivity index (χ0n) is 27.4. The molecule has 0 spiro atoms.